The second kappa shape index (κ2) is 7.64. The summed E-state index contributed by atoms with van der Waals surface area (Å²) in [6, 6.07) is 14.8. The van der Waals surface area contributed by atoms with E-state index in [9.17, 15) is 4.79 Å². The molecule has 6 rings (SSSR count). The SMILES string of the molecule is O=C(C1CCC1)N1C2CCC1CN(Cc1c(-c3ccc(Cl)cc3)nc3ccccn13)C2. The number of hydrogen-bond donors (Lipinski definition) is 0. The molecule has 2 unspecified atom stereocenters. The molecule has 3 aromatic rings. The number of imidazole rings is 1. The first-order valence-electron chi connectivity index (χ1n) is 11.4. The molecule has 1 amide bonds. The van der Waals surface area contributed by atoms with E-state index in [4.69, 9.17) is 16.6 Å². The van der Waals surface area contributed by atoms with E-state index in [1.807, 2.05) is 30.3 Å². The zero-order chi connectivity index (χ0) is 20.9. The van der Waals surface area contributed by atoms with E-state index in [1.54, 1.807) is 0 Å². The van der Waals surface area contributed by atoms with E-state index in [0.29, 0.717) is 23.9 Å². The van der Waals surface area contributed by atoms with Gasteiger partial charge < -0.3 is 9.30 Å². The molecule has 2 aliphatic heterocycles. The van der Waals surface area contributed by atoms with Gasteiger partial charge in [-0.15, -0.1) is 0 Å². The number of likely N-dealkylation sites (tertiary alicyclic amines) is 1. The van der Waals surface area contributed by atoms with Crippen LogP contribution in [0.3, 0.4) is 0 Å². The number of halogens is 1. The van der Waals surface area contributed by atoms with Crippen LogP contribution in [0.15, 0.2) is 48.7 Å². The molecule has 160 valence electrons. The zero-order valence-electron chi connectivity index (χ0n) is 17.6. The van der Waals surface area contributed by atoms with E-state index in [1.165, 1.54) is 12.1 Å². The van der Waals surface area contributed by atoms with Crippen LogP contribution in [0.25, 0.3) is 16.9 Å². The van der Waals surface area contributed by atoms with Gasteiger partial charge in [0.1, 0.15) is 5.65 Å². The molecule has 1 aromatic carbocycles. The smallest absolute Gasteiger partial charge is 0.226 e. The maximum atomic E-state index is 13.0. The van der Waals surface area contributed by atoms with Gasteiger partial charge >= 0.3 is 0 Å². The summed E-state index contributed by atoms with van der Waals surface area (Å²) in [5.74, 6) is 0.722. The number of piperazine rings is 1. The second-order valence-electron chi connectivity index (χ2n) is 9.30. The summed E-state index contributed by atoms with van der Waals surface area (Å²) in [5.41, 5.74) is 4.27. The minimum Gasteiger partial charge on any atom is -0.334 e. The van der Waals surface area contributed by atoms with Crippen molar-refractivity contribution in [3.63, 3.8) is 0 Å². The van der Waals surface area contributed by atoms with Crippen molar-refractivity contribution in [3.05, 3.63) is 59.4 Å². The maximum absolute atomic E-state index is 13.0. The summed E-state index contributed by atoms with van der Waals surface area (Å²) in [7, 11) is 0. The van der Waals surface area contributed by atoms with Crippen LogP contribution in [0.1, 0.15) is 37.8 Å². The Balaban J connectivity index is 1.29. The molecule has 2 aromatic heterocycles. The van der Waals surface area contributed by atoms with Gasteiger partial charge in [-0.3, -0.25) is 9.69 Å². The van der Waals surface area contributed by atoms with Crippen molar-refractivity contribution in [2.45, 2.75) is 50.7 Å². The van der Waals surface area contributed by atoms with Crippen LogP contribution >= 0.6 is 11.6 Å². The molecule has 1 aliphatic carbocycles. The van der Waals surface area contributed by atoms with Crippen LogP contribution in [-0.4, -0.2) is 50.3 Å². The number of fused-ring (bicyclic) bond motifs is 3. The molecule has 3 fully saturated rings. The largest absolute Gasteiger partial charge is 0.334 e. The van der Waals surface area contributed by atoms with Gasteiger partial charge in [0.2, 0.25) is 5.91 Å². The molecule has 2 saturated heterocycles. The molecule has 2 bridgehead atoms. The third kappa shape index (κ3) is 3.35. The Labute approximate surface area is 187 Å². The lowest BCUT2D eigenvalue weighted by Crippen LogP contribution is -2.57. The number of aromatic nitrogens is 2. The molecular formula is C25H27ClN4O. The van der Waals surface area contributed by atoms with Gasteiger partial charge in [0, 0.05) is 54.4 Å². The Bertz CT molecular complexity index is 1110. The molecule has 6 heteroatoms. The van der Waals surface area contributed by atoms with Gasteiger partial charge in [-0.1, -0.05) is 36.2 Å². The molecule has 0 spiro atoms. The Morgan fingerprint density at radius 2 is 1.74 bits per heavy atom. The average molecular weight is 435 g/mol. The second-order valence-corrected chi connectivity index (χ2v) is 9.73. The molecule has 2 atom stereocenters. The number of carbonyl (C=O) groups is 1. The highest BCUT2D eigenvalue weighted by atomic mass is 35.5. The summed E-state index contributed by atoms with van der Waals surface area (Å²) >= 11 is 6.12. The topological polar surface area (TPSA) is 40.9 Å². The Morgan fingerprint density at radius 1 is 1.00 bits per heavy atom. The number of rotatable bonds is 4. The summed E-state index contributed by atoms with van der Waals surface area (Å²) in [6.45, 7) is 2.74. The maximum Gasteiger partial charge on any atom is 0.226 e. The molecule has 3 aliphatic rings. The van der Waals surface area contributed by atoms with Gasteiger partial charge in [0.15, 0.2) is 0 Å². The van der Waals surface area contributed by atoms with E-state index in [-0.39, 0.29) is 0 Å². The minimum atomic E-state index is 0.296. The van der Waals surface area contributed by atoms with Crippen LogP contribution in [-0.2, 0) is 11.3 Å². The third-order valence-corrected chi connectivity index (χ3v) is 7.64. The van der Waals surface area contributed by atoms with Crippen molar-refractivity contribution in [1.82, 2.24) is 19.2 Å². The number of carbonyl (C=O) groups excluding carboxylic acids is 1. The Hall–Kier alpha value is -2.37. The quantitative estimate of drug-likeness (QED) is 0.601. The first-order chi connectivity index (χ1) is 15.2. The lowest BCUT2D eigenvalue weighted by molar-refractivity contribution is -0.144. The first-order valence-corrected chi connectivity index (χ1v) is 11.8. The Kier molecular flexibility index (Phi) is 4.77. The number of benzene rings is 1. The Morgan fingerprint density at radius 3 is 2.42 bits per heavy atom. The highest BCUT2D eigenvalue weighted by Gasteiger charge is 2.45. The van der Waals surface area contributed by atoms with Gasteiger partial charge in [0.25, 0.3) is 0 Å². The predicted octanol–water partition coefficient (Wildman–Crippen LogP) is 4.63. The number of pyridine rings is 1. The molecule has 1 saturated carbocycles. The molecule has 4 heterocycles. The monoisotopic (exact) mass is 434 g/mol. The highest BCUT2D eigenvalue weighted by Crippen LogP contribution is 2.37. The average Bonchev–Trinajstić information content (AvgIpc) is 3.22. The fourth-order valence-electron chi connectivity index (χ4n) is 5.59. The van der Waals surface area contributed by atoms with E-state index < -0.39 is 0 Å². The van der Waals surface area contributed by atoms with Crippen LogP contribution in [0, 0.1) is 5.92 Å². The van der Waals surface area contributed by atoms with Crippen molar-refractivity contribution in [3.8, 4) is 11.3 Å². The van der Waals surface area contributed by atoms with Gasteiger partial charge in [-0.2, -0.15) is 0 Å². The predicted molar refractivity (Wildman–Crippen MR) is 122 cm³/mol. The third-order valence-electron chi connectivity index (χ3n) is 7.39. The summed E-state index contributed by atoms with van der Waals surface area (Å²) in [4.78, 5) is 22.7. The van der Waals surface area contributed by atoms with Crippen molar-refractivity contribution in [2.24, 2.45) is 5.92 Å². The fourth-order valence-corrected chi connectivity index (χ4v) is 5.72. The highest BCUT2D eigenvalue weighted by molar-refractivity contribution is 6.30. The summed E-state index contributed by atoms with van der Waals surface area (Å²) < 4.78 is 2.21. The lowest BCUT2D eigenvalue weighted by atomic mass is 9.84. The van der Waals surface area contributed by atoms with Gasteiger partial charge in [0.05, 0.1) is 11.4 Å². The van der Waals surface area contributed by atoms with Crippen LogP contribution in [0.4, 0.5) is 0 Å². The summed E-state index contributed by atoms with van der Waals surface area (Å²) in [6.07, 6.45) is 7.76. The van der Waals surface area contributed by atoms with Gasteiger partial charge in [-0.25, -0.2) is 4.98 Å². The van der Waals surface area contributed by atoms with Crippen LogP contribution in [0.5, 0.6) is 0 Å². The number of nitrogens with zero attached hydrogens (tertiary/aromatic N) is 4. The standard InChI is InChI=1S/C25H27ClN4O/c26-19-9-7-17(8-10-19)24-22(29-13-2-1-6-23(29)27-24)16-28-14-20-11-12-21(15-28)30(20)25(31)18-4-3-5-18/h1-2,6-10,13,18,20-21H,3-5,11-12,14-16H2. The molecule has 5 nitrogen and oxygen atoms in total. The van der Waals surface area contributed by atoms with Crippen molar-refractivity contribution >= 4 is 23.2 Å². The normalized spacial score (nSPS) is 24.0. The first kappa shape index (κ1) is 19.3. The number of hydrogen-bond acceptors (Lipinski definition) is 3. The molecule has 0 N–H and O–H groups in total. The van der Waals surface area contributed by atoms with Gasteiger partial charge in [-0.05, 0) is 49.9 Å². The summed E-state index contributed by atoms with van der Waals surface area (Å²) in [5, 5.41) is 0.734. The zero-order valence-corrected chi connectivity index (χ0v) is 18.3. The van der Waals surface area contributed by atoms with Crippen molar-refractivity contribution < 1.29 is 4.79 Å². The molecular weight excluding hydrogens is 408 g/mol. The van der Waals surface area contributed by atoms with E-state index in [0.717, 1.165) is 67.2 Å². The van der Waals surface area contributed by atoms with Crippen molar-refractivity contribution in [1.29, 1.82) is 0 Å². The molecule has 31 heavy (non-hydrogen) atoms. The van der Waals surface area contributed by atoms with Crippen LogP contribution in [0.2, 0.25) is 5.02 Å². The van der Waals surface area contributed by atoms with Crippen molar-refractivity contribution in [2.75, 3.05) is 13.1 Å². The fraction of sp³-hybridized carbons (Fsp3) is 0.440. The lowest BCUT2D eigenvalue weighted by Gasteiger charge is -2.43. The number of amides is 1. The van der Waals surface area contributed by atoms with Crippen LogP contribution < -0.4 is 0 Å². The van der Waals surface area contributed by atoms with E-state index in [2.05, 4.69) is 32.5 Å². The molecule has 0 radical (unpaired) electrons. The minimum absolute atomic E-state index is 0.296. The van der Waals surface area contributed by atoms with E-state index >= 15 is 0 Å².